The third-order valence-electron chi connectivity index (χ3n) is 6.04. The van der Waals surface area contributed by atoms with Gasteiger partial charge in [0.2, 0.25) is 0 Å². The number of anilines is 1. The number of para-hydroxylation sites is 1. The zero-order valence-corrected chi connectivity index (χ0v) is 19.0. The van der Waals surface area contributed by atoms with Gasteiger partial charge in [-0.3, -0.25) is 14.6 Å². The SMILES string of the molecule is CN=C(NCc1ccccc1CN1CCN(c2ccccc2)CC1)NCc1ccnn1C. The number of benzene rings is 2. The fourth-order valence-electron chi connectivity index (χ4n) is 4.08. The highest BCUT2D eigenvalue weighted by Gasteiger charge is 2.18. The average molecular weight is 432 g/mol. The highest BCUT2D eigenvalue weighted by atomic mass is 15.3. The number of aryl methyl sites for hydroxylation is 1. The summed E-state index contributed by atoms with van der Waals surface area (Å²) < 4.78 is 1.87. The van der Waals surface area contributed by atoms with Crippen LogP contribution in [-0.4, -0.2) is 53.9 Å². The second kappa shape index (κ2) is 10.8. The number of hydrogen-bond acceptors (Lipinski definition) is 4. The number of piperazine rings is 1. The van der Waals surface area contributed by atoms with Gasteiger partial charge in [-0.05, 0) is 29.3 Å². The van der Waals surface area contributed by atoms with E-state index < -0.39 is 0 Å². The molecule has 0 bridgehead atoms. The van der Waals surface area contributed by atoms with Crippen molar-refractivity contribution in [3.8, 4) is 0 Å². The van der Waals surface area contributed by atoms with Gasteiger partial charge >= 0.3 is 0 Å². The second-order valence-electron chi connectivity index (χ2n) is 8.09. The summed E-state index contributed by atoms with van der Waals surface area (Å²) in [5.74, 6) is 0.789. The van der Waals surface area contributed by atoms with Crippen molar-refractivity contribution < 1.29 is 0 Å². The molecular formula is C25H33N7. The van der Waals surface area contributed by atoms with E-state index in [1.807, 2.05) is 24.0 Å². The fourth-order valence-corrected chi connectivity index (χ4v) is 4.08. The van der Waals surface area contributed by atoms with E-state index in [2.05, 4.69) is 85.1 Å². The molecule has 4 rings (SSSR count). The molecule has 0 unspecified atom stereocenters. The summed E-state index contributed by atoms with van der Waals surface area (Å²) in [6.45, 7) is 6.68. The Morgan fingerprint density at radius 1 is 0.875 bits per heavy atom. The van der Waals surface area contributed by atoms with Gasteiger partial charge in [-0.25, -0.2) is 0 Å². The first-order valence-electron chi connectivity index (χ1n) is 11.2. The number of nitrogens with zero attached hydrogens (tertiary/aromatic N) is 5. The Bertz CT molecular complexity index is 1000. The molecule has 7 heteroatoms. The first-order valence-corrected chi connectivity index (χ1v) is 11.2. The molecule has 1 aliphatic rings. The molecule has 32 heavy (non-hydrogen) atoms. The van der Waals surface area contributed by atoms with Gasteiger partial charge in [0.1, 0.15) is 0 Å². The number of aromatic nitrogens is 2. The standard InChI is InChI=1S/C25H33N7/c1-26-25(28-19-24-12-13-29-30(24)2)27-18-21-8-6-7-9-22(21)20-31-14-16-32(17-15-31)23-10-4-3-5-11-23/h3-13H,14-20H2,1-2H3,(H2,26,27,28). The molecule has 2 aromatic carbocycles. The van der Waals surface area contributed by atoms with Crippen LogP contribution in [0.1, 0.15) is 16.8 Å². The Labute approximate surface area is 190 Å². The summed E-state index contributed by atoms with van der Waals surface area (Å²) in [5, 5.41) is 11.0. The minimum Gasteiger partial charge on any atom is -0.369 e. The van der Waals surface area contributed by atoms with Gasteiger partial charge < -0.3 is 15.5 Å². The third kappa shape index (κ3) is 5.68. The quantitative estimate of drug-likeness (QED) is 0.445. The zero-order chi connectivity index (χ0) is 22.2. The molecule has 1 aromatic heterocycles. The van der Waals surface area contributed by atoms with Crippen LogP contribution >= 0.6 is 0 Å². The van der Waals surface area contributed by atoms with Gasteiger partial charge in [-0.1, -0.05) is 42.5 Å². The Morgan fingerprint density at radius 2 is 1.56 bits per heavy atom. The molecule has 7 nitrogen and oxygen atoms in total. The van der Waals surface area contributed by atoms with Crippen molar-refractivity contribution in [3.05, 3.63) is 83.7 Å². The molecule has 3 aromatic rings. The van der Waals surface area contributed by atoms with Crippen molar-refractivity contribution in [1.29, 1.82) is 0 Å². The van der Waals surface area contributed by atoms with Crippen LogP contribution < -0.4 is 15.5 Å². The Morgan fingerprint density at radius 3 is 2.25 bits per heavy atom. The van der Waals surface area contributed by atoms with Gasteiger partial charge in [0.15, 0.2) is 5.96 Å². The van der Waals surface area contributed by atoms with Gasteiger partial charge in [0, 0.05) is 65.2 Å². The van der Waals surface area contributed by atoms with E-state index in [0.717, 1.165) is 50.9 Å². The minimum absolute atomic E-state index is 0.684. The highest BCUT2D eigenvalue weighted by Crippen LogP contribution is 2.18. The number of hydrogen-bond donors (Lipinski definition) is 2. The maximum atomic E-state index is 4.36. The number of guanidine groups is 1. The van der Waals surface area contributed by atoms with E-state index in [4.69, 9.17) is 0 Å². The van der Waals surface area contributed by atoms with Crippen LogP contribution in [-0.2, 0) is 26.7 Å². The summed E-state index contributed by atoms with van der Waals surface area (Å²) in [4.78, 5) is 9.39. The topological polar surface area (TPSA) is 60.7 Å². The van der Waals surface area contributed by atoms with Crippen LogP contribution in [0.15, 0.2) is 71.9 Å². The van der Waals surface area contributed by atoms with Crippen molar-refractivity contribution in [2.45, 2.75) is 19.6 Å². The maximum Gasteiger partial charge on any atom is 0.191 e. The maximum absolute atomic E-state index is 4.36. The number of aliphatic imine (C=N–C) groups is 1. The van der Waals surface area contributed by atoms with Crippen molar-refractivity contribution in [2.75, 3.05) is 38.1 Å². The predicted molar refractivity (Wildman–Crippen MR) is 131 cm³/mol. The third-order valence-corrected chi connectivity index (χ3v) is 6.04. The van der Waals surface area contributed by atoms with Crippen LogP contribution in [0.4, 0.5) is 5.69 Å². The van der Waals surface area contributed by atoms with Crippen molar-refractivity contribution >= 4 is 11.6 Å². The molecule has 0 atom stereocenters. The van der Waals surface area contributed by atoms with E-state index >= 15 is 0 Å². The van der Waals surface area contributed by atoms with E-state index in [9.17, 15) is 0 Å². The van der Waals surface area contributed by atoms with Gasteiger partial charge in [0.25, 0.3) is 0 Å². The Hall–Kier alpha value is -3.32. The van der Waals surface area contributed by atoms with Crippen LogP contribution in [0, 0.1) is 0 Å². The fraction of sp³-hybridized carbons (Fsp3) is 0.360. The Kier molecular flexibility index (Phi) is 7.40. The van der Waals surface area contributed by atoms with Crippen molar-refractivity contribution in [3.63, 3.8) is 0 Å². The molecule has 0 spiro atoms. The first-order chi connectivity index (χ1) is 15.7. The highest BCUT2D eigenvalue weighted by molar-refractivity contribution is 5.79. The normalized spacial score (nSPS) is 15.1. The summed E-state index contributed by atoms with van der Waals surface area (Å²) >= 11 is 0. The average Bonchev–Trinajstić information content (AvgIpc) is 3.26. The van der Waals surface area contributed by atoms with Crippen LogP contribution in [0.3, 0.4) is 0 Å². The predicted octanol–water partition coefficient (Wildman–Crippen LogP) is 2.61. The summed E-state index contributed by atoms with van der Waals surface area (Å²) in [6, 6.07) is 21.4. The molecule has 1 aliphatic heterocycles. The summed E-state index contributed by atoms with van der Waals surface area (Å²) in [5.41, 5.74) is 5.11. The second-order valence-corrected chi connectivity index (χ2v) is 8.09. The lowest BCUT2D eigenvalue weighted by Gasteiger charge is -2.36. The van der Waals surface area contributed by atoms with Crippen molar-refractivity contribution in [2.24, 2.45) is 12.0 Å². The first kappa shape index (κ1) is 21.9. The van der Waals surface area contributed by atoms with E-state index in [0.29, 0.717) is 6.54 Å². The van der Waals surface area contributed by atoms with Gasteiger partial charge in [0.05, 0.1) is 12.2 Å². The summed E-state index contributed by atoms with van der Waals surface area (Å²) in [6.07, 6.45) is 1.81. The lowest BCUT2D eigenvalue weighted by atomic mass is 10.1. The molecule has 168 valence electrons. The smallest absolute Gasteiger partial charge is 0.191 e. The molecule has 0 saturated carbocycles. The van der Waals surface area contributed by atoms with E-state index in [-0.39, 0.29) is 0 Å². The largest absolute Gasteiger partial charge is 0.369 e. The molecule has 0 radical (unpaired) electrons. The molecule has 0 aliphatic carbocycles. The minimum atomic E-state index is 0.684. The molecule has 2 heterocycles. The van der Waals surface area contributed by atoms with Gasteiger partial charge in [-0.15, -0.1) is 0 Å². The lowest BCUT2D eigenvalue weighted by Crippen LogP contribution is -2.46. The number of nitrogens with one attached hydrogen (secondary N) is 2. The van der Waals surface area contributed by atoms with E-state index in [1.54, 1.807) is 7.05 Å². The van der Waals surface area contributed by atoms with Gasteiger partial charge in [-0.2, -0.15) is 5.10 Å². The molecule has 2 N–H and O–H groups in total. The van der Waals surface area contributed by atoms with Crippen molar-refractivity contribution in [1.82, 2.24) is 25.3 Å². The lowest BCUT2D eigenvalue weighted by molar-refractivity contribution is 0.249. The number of rotatable bonds is 7. The zero-order valence-electron chi connectivity index (χ0n) is 19.0. The Balaban J connectivity index is 1.29. The van der Waals surface area contributed by atoms with Crippen LogP contribution in [0.5, 0.6) is 0 Å². The van der Waals surface area contributed by atoms with Crippen LogP contribution in [0.25, 0.3) is 0 Å². The molecular weight excluding hydrogens is 398 g/mol. The van der Waals surface area contributed by atoms with Crippen LogP contribution in [0.2, 0.25) is 0 Å². The molecule has 1 saturated heterocycles. The summed E-state index contributed by atoms with van der Waals surface area (Å²) in [7, 11) is 3.75. The molecule has 0 amide bonds. The monoisotopic (exact) mass is 431 g/mol. The van der Waals surface area contributed by atoms with E-state index in [1.165, 1.54) is 16.8 Å². The molecule has 1 fully saturated rings.